The van der Waals surface area contributed by atoms with Crippen LogP contribution in [-0.4, -0.2) is 35.5 Å². The maximum Gasteiger partial charge on any atom is 0.265 e. The van der Waals surface area contributed by atoms with Gasteiger partial charge in [-0.2, -0.15) is 11.8 Å². The van der Waals surface area contributed by atoms with Gasteiger partial charge in [-0.05, 0) is 25.5 Å². The van der Waals surface area contributed by atoms with Crippen LogP contribution >= 0.6 is 23.1 Å². The van der Waals surface area contributed by atoms with Crippen LogP contribution in [-0.2, 0) is 0 Å². The highest BCUT2D eigenvalue weighted by Crippen LogP contribution is 2.28. The van der Waals surface area contributed by atoms with Gasteiger partial charge in [0, 0.05) is 18.3 Å². The molecule has 2 unspecified atom stereocenters. The number of thiazole rings is 1. The van der Waals surface area contributed by atoms with E-state index in [0.29, 0.717) is 21.1 Å². The van der Waals surface area contributed by atoms with Gasteiger partial charge < -0.3 is 16.4 Å². The Balaban J connectivity index is 1.98. The molecule has 0 aromatic carbocycles. The fraction of sp³-hybridized carbons (Fsp3) is 0.667. The van der Waals surface area contributed by atoms with Gasteiger partial charge in [0.2, 0.25) is 0 Å². The van der Waals surface area contributed by atoms with Crippen molar-refractivity contribution in [3.05, 3.63) is 4.88 Å². The topological polar surface area (TPSA) is 80.0 Å². The molecule has 1 saturated carbocycles. The van der Waals surface area contributed by atoms with Crippen LogP contribution in [0.4, 0.5) is 10.9 Å². The molecule has 1 aromatic rings. The molecule has 5 nitrogen and oxygen atoms in total. The van der Waals surface area contributed by atoms with Crippen LogP contribution in [0.3, 0.4) is 0 Å². The standard InChI is InChI=1S/C12H20N4OS2/c1-14-12-16-10(13)9(19-12)11(17)15-7-4-3-5-8(6-7)18-2/h7-8H,3-6,13H2,1-2H3,(H,14,16)(H,15,17). The summed E-state index contributed by atoms with van der Waals surface area (Å²) in [6.45, 7) is 0. The van der Waals surface area contributed by atoms with Crippen LogP contribution in [0.1, 0.15) is 35.4 Å². The molecule has 0 spiro atoms. The zero-order valence-electron chi connectivity index (χ0n) is 11.2. The van der Waals surface area contributed by atoms with E-state index in [1.807, 2.05) is 11.8 Å². The number of amides is 1. The van der Waals surface area contributed by atoms with Gasteiger partial charge in [0.1, 0.15) is 10.7 Å². The quantitative estimate of drug-likeness (QED) is 0.794. The van der Waals surface area contributed by atoms with Gasteiger partial charge in [0.15, 0.2) is 5.13 Å². The Hall–Kier alpha value is -0.950. The number of anilines is 2. The first-order valence-corrected chi connectivity index (χ1v) is 8.52. The van der Waals surface area contributed by atoms with E-state index in [4.69, 9.17) is 5.73 Å². The van der Waals surface area contributed by atoms with E-state index in [2.05, 4.69) is 21.9 Å². The SMILES string of the molecule is CNc1nc(N)c(C(=O)NC2CCCC(SC)C2)s1. The van der Waals surface area contributed by atoms with Gasteiger partial charge in [-0.1, -0.05) is 17.8 Å². The first kappa shape index (κ1) is 14.5. The lowest BCUT2D eigenvalue weighted by Crippen LogP contribution is -2.39. The molecule has 1 aromatic heterocycles. The molecule has 7 heteroatoms. The Morgan fingerprint density at radius 2 is 2.32 bits per heavy atom. The van der Waals surface area contributed by atoms with Crippen molar-refractivity contribution in [1.29, 1.82) is 0 Å². The number of nitrogens with zero attached hydrogens (tertiary/aromatic N) is 1. The van der Waals surface area contributed by atoms with E-state index in [1.165, 1.54) is 24.2 Å². The lowest BCUT2D eigenvalue weighted by molar-refractivity contribution is 0.0933. The minimum absolute atomic E-state index is 0.0942. The first-order chi connectivity index (χ1) is 9.13. The molecule has 1 aliphatic rings. The minimum atomic E-state index is -0.0942. The molecule has 1 heterocycles. The maximum atomic E-state index is 12.2. The molecule has 1 aliphatic carbocycles. The summed E-state index contributed by atoms with van der Waals surface area (Å²) in [7, 11) is 1.77. The van der Waals surface area contributed by atoms with E-state index in [1.54, 1.807) is 7.05 Å². The summed E-state index contributed by atoms with van der Waals surface area (Å²) in [5.74, 6) is 0.215. The van der Waals surface area contributed by atoms with Gasteiger partial charge in [0.05, 0.1) is 0 Å². The van der Waals surface area contributed by atoms with E-state index < -0.39 is 0 Å². The number of nitrogen functional groups attached to an aromatic ring is 1. The van der Waals surface area contributed by atoms with E-state index >= 15 is 0 Å². The van der Waals surface area contributed by atoms with Crippen molar-refractivity contribution in [3.8, 4) is 0 Å². The van der Waals surface area contributed by atoms with Crippen molar-refractivity contribution in [1.82, 2.24) is 10.3 Å². The lowest BCUT2D eigenvalue weighted by atomic mass is 9.95. The van der Waals surface area contributed by atoms with E-state index in [0.717, 1.165) is 12.8 Å². The highest BCUT2D eigenvalue weighted by Gasteiger charge is 2.24. The Kier molecular flexibility index (Phi) is 4.93. The van der Waals surface area contributed by atoms with Crippen LogP contribution in [0.5, 0.6) is 0 Å². The third-order valence-electron chi connectivity index (χ3n) is 3.37. The van der Waals surface area contributed by atoms with Gasteiger partial charge in [-0.3, -0.25) is 4.79 Å². The third-order valence-corrected chi connectivity index (χ3v) is 5.55. The molecule has 0 saturated heterocycles. The average Bonchev–Trinajstić information content (AvgIpc) is 2.80. The smallest absolute Gasteiger partial charge is 0.265 e. The lowest BCUT2D eigenvalue weighted by Gasteiger charge is -2.28. The first-order valence-electron chi connectivity index (χ1n) is 6.41. The number of hydrogen-bond acceptors (Lipinski definition) is 6. The monoisotopic (exact) mass is 300 g/mol. The van der Waals surface area contributed by atoms with Crippen molar-refractivity contribution in [3.63, 3.8) is 0 Å². The predicted octanol–water partition coefficient (Wildman–Crippen LogP) is 2.17. The number of rotatable bonds is 4. The van der Waals surface area contributed by atoms with Crippen molar-refractivity contribution in [2.75, 3.05) is 24.4 Å². The fourth-order valence-corrected chi connectivity index (χ4v) is 3.91. The van der Waals surface area contributed by atoms with Gasteiger partial charge >= 0.3 is 0 Å². The van der Waals surface area contributed by atoms with Crippen molar-refractivity contribution >= 4 is 40.0 Å². The zero-order valence-corrected chi connectivity index (χ0v) is 12.9. The maximum absolute atomic E-state index is 12.2. The Morgan fingerprint density at radius 1 is 1.53 bits per heavy atom. The number of nitrogens with one attached hydrogen (secondary N) is 2. The Labute approximate surface area is 121 Å². The molecule has 0 aliphatic heterocycles. The van der Waals surface area contributed by atoms with Gasteiger partial charge in [-0.15, -0.1) is 0 Å². The molecule has 1 amide bonds. The average molecular weight is 300 g/mol. The van der Waals surface area contributed by atoms with E-state index in [-0.39, 0.29) is 11.9 Å². The molecular weight excluding hydrogens is 280 g/mol. The zero-order chi connectivity index (χ0) is 13.8. The van der Waals surface area contributed by atoms with Crippen LogP contribution in [0.25, 0.3) is 0 Å². The van der Waals surface area contributed by atoms with E-state index in [9.17, 15) is 4.79 Å². The van der Waals surface area contributed by atoms with Crippen molar-refractivity contribution in [2.24, 2.45) is 0 Å². The largest absolute Gasteiger partial charge is 0.382 e. The molecule has 2 atom stereocenters. The highest BCUT2D eigenvalue weighted by molar-refractivity contribution is 7.99. The van der Waals surface area contributed by atoms with Crippen LogP contribution in [0.2, 0.25) is 0 Å². The van der Waals surface area contributed by atoms with Crippen molar-refractivity contribution < 1.29 is 4.79 Å². The third kappa shape index (κ3) is 3.54. The Morgan fingerprint density at radius 3 is 2.95 bits per heavy atom. The highest BCUT2D eigenvalue weighted by atomic mass is 32.2. The summed E-state index contributed by atoms with van der Waals surface area (Å²) in [6, 6.07) is 0.262. The summed E-state index contributed by atoms with van der Waals surface area (Å²) in [5, 5.41) is 7.33. The Bertz CT molecular complexity index is 449. The normalized spacial score (nSPS) is 23.1. The summed E-state index contributed by atoms with van der Waals surface area (Å²) < 4.78 is 0. The molecule has 0 bridgehead atoms. The molecule has 1 fully saturated rings. The molecule has 106 valence electrons. The van der Waals surface area contributed by atoms with Gasteiger partial charge in [-0.25, -0.2) is 4.98 Å². The molecule has 0 radical (unpaired) electrons. The van der Waals surface area contributed by atoms with Crippen LogP contribution in [0.15, 0.2) is 0 Å². The number of carbonyl (C=O) groups excluding carboxylic acids is 1. The molecule has 19 heavy (non-hydrogen) atoms. The summed E-state index contributed by atoms with van der Waals surface area (Å²) in [5.41, 5.74) is 5.77. The number of thioether (sulfide) groups is 1. The summed E-state index contributed by atoms with van der Waals surface area (Å²) in [4.78, 5) is 16.8. The molecular formula is C12H20N4OS2. The van der Waals surface area contributed by atoms with Crippen molar-refractivity contribution in [2.45, 2.75) is 37.0 Å². The summed E-state index contributed by atoms with van der Waals surface area (Å²) >= 11 is 3.19. The minimum Gasteiger partial charge on any atom is -0.382 e. The fourth-order valence-electron chi connectivity index (χ4n) is 2.34. The summed E-state index contributed by atoms with van der Waals surface area (Å²) in [6.07, 6.45) is 6.66. The molecule has 2 rings (SSSR count). The second-order valence-corrected chi connectivity index (χ2v) is 6.82. The second kappa shape index (κ2) is 6.47. The second-order valence-electron chi connectivity index (χ2n) is 4.68. The number of aromatic nitrogens is 1. The number of carbonyl (C=O) groups is 1. The van der Waals surface area contributed by atoms with Crippen LogP contribution < -0.4 is 16.4 Å². The number of nitrogens with two attached hydrogens (primary N) is 1. The molecule has 4 N–H and O–H groups in total. The van der Waals surface area contributed by atoms with Crippen LogP contribution in [0, 0.1) is 0 Å². The number of hydrogen-bond donors (Lipinski definition) is 3. The van der Waals surface area contributed by atoms with Gasteiger partial charge in [0.25, 0.3) is 5.91 Å². The predicted molar refractivity (Wildman–Crippen MR) is 83.1 cm³/mol.